The molecule has 0 bridgehead atoms. The van der Waals surface area contributed by atoms with Gasteiger partial charge in [0, 0.05) is 26.8 Å². The summed E-state index contributed by atoms with van der Waals surface area (Å²) in [7, 11) is -1.63. The van der Waals surface area contributed by atoms with Crippen molar-refractivity contribution < 1.29 is 22.6 Å². The van der Waals surface area contributed by atoms with Crippen molar-refractivity contribution in [2.45, 2.75) is 19.8 Å². The normalized spacial score (nSPS) is 21.2. The predicted molar refractivity (Wildman–Crippen MR) is 77.3 cm³/mol. The first kappa shape index (κ1) is 17.8. The molecule has 20 heavy (non-hydrogen) atoms. The molecule has 0 N–H and O–H groups in total. The van der Waals surface area contributed by atoms with E-state index in [9.17, 15) is 8.42 Å². The largest absolute Gasteiger partial charge is 0.382 e. The van der Waals surface area contributed by atoms with E-state index >= 15 is 0 Å². The number of piperidine rings is 1. The molecule has 0 saturated carbocycles. The van der Waals surface area contributed by atoms with E-state index < -0.39 is 10.0 Å². The number of rotatable bonds is 10. The first-order valence-electron chi connectivity index (χ1n) is 7.22. The smallest absolute Gasteiger partial charge is 0.216 e. The van der Waals surface area contributed by atoms with Gasteiger partial charge in [0.1, 0.15) is 0 Å². The topological polar surface area (TPSA) is 65.1 Å². The second kappa shape index (κ2) is 9.68. The van der Waals surface area contributed by atoms with Crippen LogP contribution in [0.25, 0.3) is 0 Å². The van der Waals surface area contributed by atoms with E-state index in [1.807, 2.05) is 6.92 Å². The lowest BCUT2D eigenvalue weighted by Crippen LogP contribution is -2.42. The summed E-state index contributed by atoms with van der Waals surface area (Å²) in [5.41, 5.74) is 0. The van der Waals surface area contributed by atoms with Crippen molar-refractivity contribution in [1.29, 1.82) is 0 Å². The third-order valence-electron chi connectivity index (χ3n) is 3.35. The molecule has 120 valence electrons. The van der Waals surface area contributed by atoms with Gasteiger partial charge in [0.05, 0.1) is 32.2 Å². The molecule has 7 heteroatoms. The van der Waals surface area contributed by atoms with Crippen LogP contribution >= 0.6 is 0 Å². The Balaban J connectivity index is 2.34. The third kappa shape index (κ3) is 6.49. The number of methoxy groups -OCH3 is 1. The average Bonchev–Trinajstić information content (AvgIpc) is 2.45. The van der Waals surface area contributed by atoms with Crippen LogP contribution in [0, 0.1) is 5.92 Å². The van der Waals surface area contributed by atoms with Gasteiger partial charge < -0.3 is 14.2 Å². The average molecular weight is 309 g/mol. The first-order valence-corrected chi connectivity index (χ1v) is 8.83. The standard InChI is InChI=1S/C13H27NO5S/c1-3-18-12-13-5-4-6-14(11-13)20(15,16)10-9-19-8-7-17-2/h13H,3-12H2,1-2H3. The molecule has 1 heterocycles. The van der Waals surface area contributed by atoms with Gasteiger partial charge in [-0.15, -0.1) is 0 Å². The van der Waals surface area contributed by atoms with Gasteiger partial charge in [-0.25, -0.2) is 12.7 Å². The molecule has 0 aliphatic carbocycles. The fourth-order valence-corrected chi connectivity index (χ4v) is 3.67. The fraction of sp³-hybridized carbons (Fsp3) is 1.00. The molecule has 0 aromatic heterocycles. The highest BCUT2D eigenvalue weighted by molar-refractivity contribution is 7.89. The number of ether oxygens (including phenoxy) is 3. The Morgan fingerprint density at radius 1 is 1.20 bits per heavy atom. The summed E-state index contributed by atoms with van der Waals surface area (Å²) < 4.78 is 41.5. The minimum atomic E-state index is -3.22. The maximum absolute atomic E-state index is 12.2. The molecule has 1 aliphatic rings. The van der Waals surface area contributed by atoms with E-state index in [0.717, 1.165) is 12.8 Å². The van der Waals surface area contributed by atoms with E-state index in [1.54, 1.807) is 11.4 Å². The monoisotopic (exact) mass is 309 g/mol. The Morgan fingerprint density at radius 2 is 2.00 bits per heavy atom. The molecule has 6 nitrogen and oxygen atoms in total. The number of hydrogen-bond acceptors (Lipinski definition) is 5. The van der Waals surface area contributed by atoms with Gasteiger partial charge in [0.2, 0.25) is 10.0 Å². The third-order valence-corrected chi connectivity index (χ3v) is 5.15. The number of nitrogens with zero attached hydrogens (tertiary/aromatic N) is 1. The fourth-order valence-electron chi connectivity index (χ4n) is 2.24. The van der Waals surface area contributed by atoms with Crippen molar-refractivity contribution in [2.24, 2.45) is 5.92 Å². The highest BCUT2D eigenvalue weighted by Gasteiger charge is 2.28. The van der Waals surface area contributed by atoms with Crippen LogP contribution in [0.2, 0.25) is 0 Å². The van der Waals surface area contributed by atoms with Gasteiger partial charge in [-0.3, -0.25) is 0 Å². The maximum Gasteiger partial charge on any atom is 0.216 e. The summed E-state index contributed by atoms with van der Waals surface area (Å²) >= 11 is 0. The minimum Gasteiger partial charge on any atom is -0.382 e. The highest BCUT2D eigenvalue weighted by Crippen LogP contribution is 2.19. The Morgan fingerprint density at radius 3 is 2.70 bits per heavy atom. The Hall–Kier alpha value is -0.210. The van der Waals surface area contributed by atoms with E-state index in [2.05, 4.69) is 0 Å². The van der Waals surface area contributed by atoms with Crippen LogP contribution in [0.3, 0.4) is 0 Å². The summed E-state index contributed by atoms with van der Waals surface area (Å²) in [5, 5.41) is 0. The Kier molecular flexibility index (Phi) is 8.63. The first-order chi connectivity index (χ1) is 9.60. The Bertz CT molecular complexity index is 347. The zero-order valence-electron chi connectivity index (χ0n) is 12.5. The minimum absolute atomic E-state index is 0.0398. The molecule has 1 aliphatic heterocycles. The molecule has 1 fully saturated rings. The van der Waals surface area contributed by atoms with Crippen LogP contribution < -0.4 is 0 Å². The predicted octanol–water partition coefficient (Wildman–Crippen LogP) is 0.728. The van der Waals surface area contributed by atoms with Gasteiger partial charge in [0.25, 0.3) is 0 Å². The van der Waals surface area contributed by atoms with E-state index in [4.69, 9.17) is 14.2 Å². The lowest BCUT2D eigenvalue weighted by Gasteiger charge is -2.31. The van der Waals surface area contributed by atoms with Crippen molar-refractivity contribution in [3.8, 4) is 0 Å². The molecule has 1 unspecified atom stereocenters. The number of hydrogen-bond donors (Lipinski definition) is 0. The second-order valence-electron chi connectivity index (χ2n) is 4.95. The van der Waals surface area contributed by atoms with Crippen molar-refractivity contribution in [2.75, 3.05) is 59.0 Å². The lowest BCUT2D eigenvalue weighted by atomic mass is 10.0. The van der Waals surface area contributed by atoms with Gasteiger partial charge in [-0.05, 0) is 25.7 Å². The summed E-state index contributed by atoms with van der Waals surface area (Å²) in [6.07, 6.45) is 1.94. The SMILES string of the molecule is CCOCC1CCCN(S(=O)(=O)CCOCCOC)C1. The molecule has 0 amide bonds. The molecule has 1 atom stereocenters. The molecule has 1 saturated heterocycles. The number of sulfonamides is 1. The quantitative estimate of drug-likeness (QED) is 0.557. The van der Waals surface area contributed by atoms with Crippen LogP contribution in [-0.4, -0.2) is 71.7 Å². The van der Waals surface area contributed by atoms with Gasteiger partial charge in [-0.2, -0.15) is 0 Å². The van der Waals surface area contributed by atoms with Crippen molar-refractivity contribution in [3.05, 3.63) is 0 Å². The van der Waals surface area contributed by atoms with Crippen molar-refractivity contribution >= 4 is 10.0 Å². The maximum atomic E-state index is 12.2. The van der Waals surface area contributed by atoms with Crippen LogP contribution in [0.5, 0.6) is 0 Å². The van der Waals surface area contributed by atoms with Crippen molar-refractivity contribution in [1.82, 2.24) is 4.31 Å². The van der Waals surface area contributed by atoms with Gasteiger partial charge in [0.15, 0.2) is 0 Å². The van der Waals surface area contributed by atoms with Gasteiger partial charge >= 0.3 is 0 Å². The second-order valence-corrected chi connectivity index (χ2v) is 7.04. The van der Waals surface area contributed by atoms with E-state index in [1.165, 1.54) is 0 Å². The van der Waals surface area contributed by atoms with Crippen LogP contribution in [0.4, 0.5) is 0 Å². The summed E-state index contributed by atoms with van der Waals surface area (Å²) in [4.78, 5) is 0. The molecule has 0 radical (unpaired) electrons. The zero-order valence-corrected chi connectivity index (χ0v) is 13.4. The molecular weight excluding hydrogens is 282 g/mol. The van der Waals surface area contributed by atoms with Crippen molar-refractivity contribution in [3.63, 3.8) is 0 Å². The highest BCUT2D eigenvalue weighted by atomic mass is 32.2. The molecule has 0 aromatic rings. The molecular formula is C13H27NO5S. The summed E-state index contributed by atoms with van der Waals surface area (Å²) in [5.74, 6) is 0.353. The molecule has 0 spiro atoms. The summed E-state index contributed by atoms with van der Waals surface area (Å²) in [6, 6.07) is 0. The van der Waals surface area contributed by atoms with E-state index in [0.29, 0.717) is 45.4 Å². The molecule has 0 aromatic carbocycles. The van der Waals surface area contributed by atoms with E-state index in [-0.39, 0.29) is 12.4 Å². The summed E-state index contributed by atoms with van der Waals surface area (Å²) in [6.45, 7) is 5.60. The Labute approximate surface area is 122 Å². The van der Waals surface area contributed by atoms with Crippen LogP contribution in [0.1, 0.15) is 19.8 Å². The van der Waals surface area contributed by atoms with Crippen LogP contribution in [0.15, 0.2) is 0 Å². The lowest BCUT2D eigenvalue weighted by molar-refractivity contribution is 0.0766. The van der Waals surface area contributed by atoms with Gasteiger partial charge in [-0.1, -0.05) is 0 Å². The zero-order chi connectivity index (χ0) is 14.8. The van der Waals surface area contributed by atoms with Crippen LogP contribution in [-0.2, 0) is 24.2 Å². The molecule has 1 rings (SSSR count).